The van der Waals surface area contributed by atoms with Crippen molar-refractivity contribution in [3.05, 3.63) is 77.1 Å². The van der Waals surface area contributed by atoms with E-state index in [1.165, 1.54) is 36.9 Å². The van der Waals surface area contributed by atoms with Crippen molar-refractivity contribution in [2.45, 2.75) is 116 Å². The van der Waals surface area contributed by atoms with E-state index in [0.29, 0.717) is 70.2 Å². The molecule has 10 amide bonds. The van der Waals surface area contributed by atoms with Crippen LogP contribution in [0.4, 0.5) is 31.4 Å². The van der Waals surface area contributed by atoms with Gasteiger partial charge in [0.25, 0.3) is 0 Å². The number of H-pyrrole nitrogens is 2. The number of fused-ring (bicyclic) bond motifs is 6. The molecule has 31 heteroatoms. The van der Waals surface area contributed by atoms with E-state index in [1.807, 2.05) is 13.0 Å². The topological polar surface area (TPSA) is 396 Å². The zero-order chi connectivity index (χ0) is 67.4. The molecule has 0 saturated heterocycles. The van der Waals surface area contributed by atoms with Gasteiger partial charge in [-0.2, -0.15) is 0 Å². The highest BCUT2D eigenvalue weighted by atomic mass is 35.5. The second kappa shape index (κ2) is 28.6. The van der Waals surface area contributed by atoms with Gasteiger partial charge in [-0.15, -0.1) is 23.2 Å². The molecule has 3 aromatic carbocycles. The Morgan fingerprint density at radius 3 is 1.95 bits per heavy atom. The third-order valence-electron chi connectivity index (χ3n) is 17.9. The molecule has 93 heavy (non-hydrogen) atoms. The summed E-state index contributed by atoms with van der Waals surface area (Å²) in [5, 5.41) is 14.7. The molecule has 28 nitrogen and oxygen atoms in total. The normalized spacial score (nSPS) is 19.5. The van der Waals surface area contributed by atoms with Gasteiger partial charge in [0.05, 0.1) is 33.2 Å². The van der Waals surface area contributed by atoms with Gasteiger partial charge >= 0.3 is 26.0 Å². The molecule has 5 atom stereocenters. The predicted molar refractivity (Wildman–Crippen MR) is 347 cm³/mol. The molecule has 0 unspecified atom stereocenters. The maximum absolute atomic E-state index is 14.8. The average molecular weight is 1350 g/mol. The van der Waals surface area contributed by atoms with Crippen LogP contribution >= 0.6 is 31.0 Å². The third kappa shape index (κ3) is 15.0. The molecule has 10 rings (SSSR count). The first-order chi connectivity index (χ1) is 44.1. The summed E-state index contributed by atoms with van der Waals surface area (Å²) >= 11 is 13.1. The number of carbonyl (C=O) groups excluding carboxylic acids is 9. The number of nitrogens with two attached hydrogens (primary N) is 2. The lowest BCUT2D eigenvalue weighted by Gasteiger charge is -2.69. The monoisotopic (exact) mass is 1350 g/mol. The summed E-state index contributed by atoms with van der Waals surface area (Å²) in [5.74, 6) is -3.17. The van der Waals surface area contributed by atoms with Crippen LogP contribution in [0.25, 0.3) is 21.8 Å². The van der Waals surface area contributed by atoms with Crippen LogP contribution in [0.1, 0.15) is 106 Å². The number of rotatable bonds is 28. The lowest BCUT2D eigenvalue weighted by atomic mass is 9.34. The van der Waals surface area contributed by atoms with Gasteiger partial charge in [-0.1, -0.05) is 26.0 Å². The van der Waals surface area contributed by atoms with E-state index in [-0.39, 0.29) is 118 Å². The fourth-order valence-corrected chi connectivity index (χ4v) is 14.1. The van der Waals surface area contributed by atoms with Gasteiger partial charge in [0.15, 0.2) is 11.5 Å². The van der Waals surface area contributed by atoms with Gasteiger partial charge in [-0.3, -0.25) is 38.6 Å². The highest BCUT2D eigenvalue weighted by Gasteiger charge is 2.76. The Morgan fingerprint density at radius 1 is 0.763 bits per heavy atom. The third-order valence-corrected chi connectivity index (χ3v) is 19.0. The Hall–Kier alpha value is -8.14. The van der Waals surface area contributed by atoms with Crippen molar-refractivity contribution in [3.8, 4) is 11.5 Å². The summed E-state index contributed by atoms with van der Waals surface area (Å²) in [5.41, 5.74) is 14.3. The van der Waals surface area contributed by atoms with Gasteiger partial charge in [-0.05, 0) is 111 Å². The summed E-state index contributed by atoms with van der Waals surface area (Å²) in [4.78, 5) is 152. The van der Waals surface area contributed by atoms with Crippen LogP contribution in [0.3, 0.4) is 0 Å². The second-order valence-electron chi connectivity index (χ2n) is 25.0. The number of hydrogen-bond acceptors (Lipinski definition) is 14. The first-order valence-electron chi connectivity index (χ1n) is 30.7. The SMILES string of the molecule is CC(=O)N[C@@H](CCCCN)C(=O)N[C@H](C(=O)N[C@@H](CCCNC(N)=O)C(=O)Nc1ccc(COC(=O)N(C)CCN(C)C(=O)Oc2cc3c(c4cc[nH]c24)[C@H](CCl)CN3C(=O)C23CC(C(=O)N4C[C@@H](CCl)c5c4cc(OP(=O)(O)O)c4[nH]cc(C)c54)(C2)C3)cc1)C(C)C. The van der Waals surface area contributed by atoms with Gasteiger partial charge in [0.2, 0.25) is 35.4 Å². The highest BCUT2D eigenvalue weighted by molar-refractivity contribution is 7.46. The number of anilines is 3. The Morgan fingerprint density at radius 2 is 1.35 bits per heavy atom. The number of urea groups is 1. The van der Waals surface area contributed by atoms with E-state index in [0.717, 1.165) is 16.7 Å². The number of ether oxygens (including phenoxy) is 2. The number of hydrogen-bond donors (Lipinski definition) is 11. The van der Waals surface area contributed by atoms with Crippen LogP contribution < -0.4 is 57.1 Å². The van der Waals surface area contributed by atoms with Crippen LogP contribution in [-0.4, -0.2) is 166 Å². The molecule has 3 aliphatic carbocycles. The van der Waals surface area contributed by atoms with Crippen molar-refractivity contribution in [2.24, 2.45) is 28.2 Å². The number of carbonyl (C=O) groups is 9. The number of halogens is 2. The smallest absolute Gasteiger partial charge is 0.445 e. The van der Waals surface area contributed by atoms with Crippen molar-refractivity contribution in [3.63, 3.8) is 0 Å². The van der Waals surface area contributed by atoms with Crippen molar-refractivity contribution in [2.75, 3.05) is 80.2 Å². The van der Waals surface area contributed by atoms with Crippen molar-refractivity contribution in [1.82, 2.24) is 41.0 Å². The number of aromatic amines is 2. The van der Waals surface area contributed by atoms with Crippen LogP contribution in [0, 0.1) is 23.7 Å². The Bertz CT molecular complexity index is 3740. The maximum atomic E-state index is 14.8. The van der Waals surface area contributed by atoms with Crippen LogP contribution in [-0.2, 0) is 44.7 Å². The van der Waals surface area contributed by atoms with Crippen LogP contribution in [0.15, 0.2) is 54.9 Å². The summed E-state index contributed by atoms with van der Waals surface area (Å²) < 4.78 is 28.8. The standard InChI is InChI=1S/C62H80Cl2N13O15P/c1-33(2)50(73-54(80)41(70-35(4)78)10-7-8-17-65)55(81)72-42(11-9-18-68-58(66)84)53(79)71-39-14-12-36(13-15-39)29-90-59(85)74(5)20-21-75(6)60(86)91-45-22-43-48(40-16-19-67-51(40)45)37(24-63)27-76(43)56(82)61-30-62(31-61,32-61)57(83)77-28-38(25-64)49-44(77)23-46(92-93(87,88)89)52-47(49)34(3)26-69-52/h12-16,19,22-23,26,33,37-38,41-42,50,67,69H,7-11,17-18,20-21,24-25,27-32,65H2,1-6H3,(H,70,78)(H,71,79)(H,72,81)(H,73,80)(H3,66,68,84)(H2,87,88,89)/t37-,38-,41+,42+,50+,61?,62?/m1/s1. The minimum Gasteiger partial charge on any atom is -0.445 e. The van der Waals surface area contributed by atoms with Gasteiger partial charge in [0, 0.05) is 118 Å². The molecule has 4 heterocycles. The first kappa shape index (κ1) is 69.2. The lowest BCUT2D eigenvalue weighted by Crippen LogP contribution is -2.73. The number of aromatic nitrogens is 2. The number of alkyl halides is 2. The van der Waals surface area contributed by atoms with Crippen molar-refractivity contribution < 1.29 is 71.5 Å². The number of unbranched alkanes of at least 4 members (excludes halogenated alkanes) is 1. The Kier molecular flexibility index (Phi) is 21.3. The average Bonchev–Trinajstić information content (AvgIpc) is 1.44. The highest BCUT2D eigenvalue weighted by Crippen LogP contribution is 2.75. The first-order valence-corrected chi connectivity index (χ1v) is 33.3. The largest absolute Gasteiger partial charge is 0.524 e. The van der Waals surface area contributed by atoms with E-state index in [1.54, 1.807) is 66.4 Å². The lowest BCUT2D eigenvalue weighted by molar-refractivity contribution is -0.205. The molecule has 0 spiro atoms. The molecule has 2 bridgehead atoms. The number of nitrogens with zero attached hydrogens (tertiary/aromatic N) is 4. The van der Waals surface area contributed by atoms with E-state index < -0.39 is 84.5 Å². The maximum Gasteiger partial charge on any atom is 0.524 e. The summed E-state index contributed by atoms with van der Waals surface area (Å²) in [6.45, 7) is 7.49. The Labute approximate surface area is 546 Å². The molecule has 13 N–H and O–H groups in total. The fourth-order valence-electron chi connectivity index (χ4n) is 13.2. The minimum atomic E-state index is -4.99. The molecule has 3 fully saturated rings. The molecule has 502 valence electrons. The van der Waals surface area contributed by atoms with Crippen LogP contribution in [0.5, 0.6) is 11.5 Å². The molecule has 2 aromatic heterocycles. The predicted octanol–water partition coefficient (Wildman–Crippen LogP) is 5.98. The van der Waals surface area contributed by atoms with E-state index in [4.69, 9.17) is 48.7 Å². The molecule has 2 aliphatic heterocycles. The summed E-state index contributed by atoms with van der Waals surface area (Å²) in [7, 11) is -1.98. The van der Waals surface area contributed by atoms with Crippen molar-refractivity contribution >= 4 is 124 Å². The number of phosphoric acid groups is 1. The molecular weight excluding hydrogens is 1270 g/mol. The minimum absolute atomic E-state index is 0.0259. The van der Waals surface area contributed by atoms with Gasteiger partial charge < -0.3 is 81.6 Å². The van der Waals surface area contributed by atoms with Crippen molar-refractivity contribution in [1.29, 1.82) is 0 Å². The zero-order valence-electron chi connectivity index (χ0n) is 52.5. The summed E-state index contributed by atoms with van der Waals surface area (Å²) in [6, 6.07) is 7.48. The number of likely N-dealkylation sites (N-methyl/N-ethyl adjacent to an activating group) is 2. The number of amides is 10. The zero-order valence-corrected chi connectivity index (χ0v) is 54.9. The van der Waals surface area contributed by atoms with E-state index in [2.05, 4.69) is 36.6 Å². The molecular formula is C62H80Cl2N13O15P. The van der Waals surface area contributed by atoms with Gasteiger partial charge in [-0.25, -0.2) is 18.9 Å². The van der Waals surface area contributed by atoms with Gasteiger partial charge in [0.1, 0.15) is 24.7 Å². The molecule has 5 aromatic rings. The number of aryl methyl sites for hydroxylation is 1. The molecule has 0 radical (unpaired) electrons. The van der Waals surface area contributed by atoms with Crippen LogP contribution in [0.2, 0.25) is 0 Å². The van der Waals surface area contributed by atoms with E-state index in [9.17, 15) is 57.5 Å². The van der Waals surface area contributed by atoms with E-state index >= 15 is 0 Å². The fraction of sp³-hybridized carbons (Fsp3) is 0.500. The summed E-state index contributed by atoms with van der Waals surface area (Å²) in [6.07, 6.45) is 4.60. The molecule has 3 saturated carbocycles. The second-order valence-corrected chi connectivity index (χ2v) is 26.8. The Balaban J connectivity index is 0.779. The quantitative estimate of drug-likeness (QED) is 0.0156. The number of nitrogens with one attached hydrogen (secondary N) is 7. The number of phosphoric ester groups is 1. The number of benzene rings is 3. The molecule has 5 aliphatic rings. The number of primary amides is 1.